The quantitative estimate of drug-likeness (QED) is 0.853. The lowest BCUT2D eigenvalue weighted by Gasteiger charge is -2.13. The van der Waals surface area contributed by atoms with Crippen molar-refractivity contribution in [2.24, 2.45) is 0 Å². The molecule has 0 spiro atoms. The minimum absolute atomic E-state index is 0.0636. The number of carboxylic acids is 1. The first-order valence-corrected chi connectivity index (χ1v) is 7.10. The third-order valence-electron chi connectivity index (χ3n) is 2.95. The summed E-state index contributed by atoms with van der Waals surface area (Å²) in [6, 6.07) is 8.84. The van der Waals surface area contributed by atoms with Gasteiger partial charge in [0, 0.05) is 5.02 Å². The number of carboxylic acid groups (broad SMARTS) is 1. The summed E-state index contributed by atoms with van der Waals surface area (Å²) in [5.41, 5.74) is 1.47. The van der Waals surface area contributed by atoms with Crippen molar-refractivity contribution < 1.29 is 14.6 Å². The average Bonchev–Trinajstić information content (AvgIpc) is 2.41. The predicted octanol–water partition coefficient (Wildman–Crippen LogP) is 4.94. The number of benzene rings is 2. The number of methoxy groups -OCH3 is 1. The zero-order valence-corrected chi connectivity index (χ0v) is 13.3. The highest BCUT2D eigenvalue weighted by Gasteiger charge is 2.22. The Bertz CT molecular complexity index is 699. The van der Waals surface area contributed by atoms with E-state index in [0.717, 1.165) is 5.56 Å². The molecule has 1 N–H and O–H groups in total. The van der Waals surface area contributed by atoms with Gasteiger partial charge in [0.1, 0.15) is 5.56 Å². The Morgan fingerprint density at radius 2 is 1.95 bits per heavy atom. The predicted molar refractivity (Wildman–Crippen MR) is 84.2 cm³/mol. The summed E-state index contributed by atoms with van der Waals surface area (Å²) in [4.78, 5) is 11.2. The minimum atomic E-state index is -1.19. The van der Waals surface area contributed by atoms with Gasteiger partial charge in [-0.25, -0.2) is 4.79 Å². The van der Waals surface area contributed by atoms with Gasteiger partial charge >= 0.3 is 5.97 Å². The first-order valence-electron chi connectivity index (χ1n) is 5.96. The Morgan fingerprint density at radius 1 is 1.24 bits per heavy atom. The molecule has 0 aliphatic heterocycles. The maximum absolute atomic E-state index is 11.2. The Kier molecular flexibility index (Phi) is 4.99. The smallest absolute Gasteiger partial charge is 0.341 e. The van der Waals surface area contributed by atoms with Crippen molar-refractivity contribution in [2.45, 2.75) is 6.42 Å². The maximum Gasteiger partial charge on any atom is 0.341 e. The molecule has 6 heteroatoms. The van der Waals surface area contributed by atoms with Crippen LogP contribution in [-0.2, 0) is 6.42 Å². The summed E-state index contributed by atoms with van der Waals surface area (Å²) in [6.07, 6.45) is 0.468. The van der Waals surface area contributed by atoms with E-state index in [-0.39, 0.29) is 21.4 Å². The molecule has 0 amide bonds. The minimum Gasteiger partial charge on any atom is -0.494 e. The third-order valence-corrected chi connectivity index (χ3v) is 3.90. The molecule has 0 aromatic heterocycles. The van der Waals surface area contributed by atoms with Crippen LogP contribution in [0.5, 0.6) is 5.75 Å². The van der Waals surface area contributed by atoms with Crippen LogP contribution in [-0.4, -0.2) is 18.2 Å². The third kappa shape index (κ3) is 3.43. The Labute approximate surface area is 137 Å². The second-order valence-electron chi connectivity index (χ2n) is 4.35. The van der Waals surface area contributed by atoms with E-state index in [1.165, 1.54) is 13.2 Å². The van der Waals surface area contributed by atoms with E-state index in [1.807, 2.05) is 18.2 Å². The summed E-state index contributed by atoms with van der Waals surface area (Å²) < 4.78 is 5.10. The average molecular weight is 346 g/mol. The number of halogens is 3. The van der Waals surface area contributed by atoms with E-state index in [9.17, 15) is 9.90 Å². The molecule has 2 rings (SSSR count). The Morgan fingerprint density at radius 3 is 2.52 bits per heavy atom. The second-order valence-corrected chi connectivity index (χ2v) is 5.57. The highest BCUT2D eigenvalue weighted by atomic mass is 35.5. The molecule has 0 aliphatic rings. The Hall–Kier alpha value is -1.42. The van der Waals surface area contributed by atoms with Crippen molar-refractivity contribution in [2.75, 3.05) is 7.11 Å². The fourth-order valence-electron chi connectivity index (χ4n) is 2.04. The summed E-state index contributed by atoms with van der Waals surface area (Å²) >= 11 is 18.2. The number of rotatable bonds is 4. The number of ether oxygens (including phenoxy) is 1. The molecule has 0 atom stereocenters. The first kappa shape index (κ1) is 16.0. The summed E-state index contributed by atoms with van der Waals surface area (Å²) in [6.45, 7) is 0. The van der Waals surface area contributed by atoms with Crippen molar-refractivity contribution in [3.8, 4) is 5.75 Å². The molecule has 0 aliphatic carbocycles. The Balaban J connectivity index is 2.51. The molecule has 21 heavy (non-hydrogen) atoms. The van der Waals surface area contributed by atoms with Gasteiger partial charge in [-0.15, -0.1) is 0 Å². The van der Waals surface area contributed by atoms with Gasteiger partial charge in [-0.1, -0.05) is 46.9 Å². The fraction of sp³-hybridized carbons (Fsp3) is 0.133. The van der Waals surface area contributed by atoms with Crippen molar-refractivity contribution in [1.82, 2.24) is 0 Å². The first-order chi connectivity index (χ1) is 9.93. The molecule has 110 valence electrons. The van der Waals surface area contributed by atoms with Crippen LogP contribution in [0, 0.1) is 0 Å². The van der Waals surface area contributed by atoms with E-state index in [4.69, 9.17) is 39.5 Å². The standard InChI is InChI=1S/C15H11Cl3O3/c1-21-14-12(15(19)20)11(17)7-9(13(14)18)5-8-3-2-4-10(16)6-8/h2-4,6-7H,5H2,1H3,(H,19,20). The van der Waals surface area contributed by atoms with Crippen LogP contribution >= 0.6 is 34.8 Å². The maximum atomic E-state index is 11.2. The summed E-state index contributed by atoms with van der Waals surface area (Å²) in [7, 11) is 1.35. The number of hydrogen-bond donors (Lipinski definition) is 1. The van der Waals surface area contributed by atoms with Crippen LogP contribution < -0.4 is 4.74 Å². The SMILES string of the molecule is COc1c(Cl)c(Cc2cccc(Cl)c2)cc(Cl)c1C(=O)O. The number of carbonyl (C=O) groups is 1. The van der Waals surface area contributed by atoms with Gasteiger partial charge in [0.2, 0.25) is 0 Å². The number of aromatic carboxylic acids is 1. The lowest BCUT2D eigenvalue weighted by molar-refractivity contribution is 0.0693. The van der Waals surface area contributed by atoms with Crippen LogP contribution in [0.2, 0.25) is 15.1 Å². The van der Waals surface area contributed by atoms with Crippen molar-refractivity contribution >= 4 is 40.8 Å². The van der Waals surface area contributed by atoms with Gasteiger partial charge in [-0.2, -0.15) is 0 Å². The van der Waals surface area contributed by atoms with Gasteiger partial charge in [0.25, 0.3) is 0 Å². The second kappa shape index (κ2) is 6.56. The van der Waals surface area contributed by atoms with Crippen molar-refractivity contribution in [3.63, 3.8) is 0 Å². The van der Waals surface area contributed by atoms with E-state index in [0.29, 0.717) is 17.0 Å². The molecule has 0 saturated carbocycles. The van der Waals surface area contributed by atoms with Crippen LogP contribution in [0.3, 0.4) is 0 Å². The van der Waals surface area contributed by atoms with Crippen molar-refractivity contribution in [3.05, 3.63) is 62.1 Å². The summed E-state index contributed by atoms with van der Waals surface area (Å²) in [5, 5.41) is 10.1. The normalized spacial score (nSPS) is 10.5. The zero-order valence-electron chi connectivity index (χ0n) is 11.0. The molecule has 0 unspecified atom stereocenters. The molecule has 0 saturated heterocycles. The van der Waals surface area contributed by atoms with E-state index in [2.05, 4.69) is 0 Å². The van der Waals surface area contributed by atoms with Gasteiger partial charge in [-0.05, 0) is 35.7 Å². The van der Waals surface area contributed by atoms with Gasteiger partial charge in [0.15, 0.2) is 5.75 Å². The van der Waals surface area contributed by atoms with Gasteiger partial charge in [-0.3, -0.25) is 0 Å². The number of hydrogen-bond acceptors (Lipinski definition) is 2. The molecular weight excluding hydrogens is 335 g/mol. The van der Waals surface area contributed by atoms with Crippen molar-refractivity contribution in [1.29, 1.82) is 0 Å². The van der Waals surface area contributed by atoms with Gasteiger partial charge in [0.05, 0.1) is 17.2 Å². The lowest BCUT2D eigenvalue weighted by Crippen LogP contribution is -2.04. The van der Waals surface area contributed by atoms with E-state index in [1.54, 1.807) is 6.07 Å². The molecule has 3 nitrogen and oxygen atoms in total. The monoisotopic (exact) mass is 344 g/mol. The van der Waals surface area contributed by atoms with Crippen LogP contribution in [0.25, 0.3) is 0 Å². The molecular formula is C15H11Cl3O3. The summed E-state index contributed by atoms with van der Waals surface area (Å²) in [5.74, 6) is -1.12. The molecule has 2 aromatic carbocycles. The molecule has 0 heterocycles. The highest BCUT2D eigenvalue weighted by Crippen LogP contribution is 2.38. The molecule has 0 fully saturated rings. The topological polar surface area (TPSA) is 46.5 Å². The largest absolute Gasteiger partial charge is 0.494 e. The van der Waals surface area contributed by atoms with Crippen LogP contribution in [0.15, 0.2) is 30.3 Å². The molecule has 0 bridgehead atoms. The van der Waals surface area contributed by atoms with E-state index < -0.39 is 5.97 Å². The molecule has 2 aromatic rings. The zero-order chi connectivity index (χ0) is 15.6. The highest BCUT2D eigenvalue weighted by molar-refractivity contribution is 6.37. The molecule has 0 radical (unpaired) electrons. The fourth-order valence-corrected chi connectivity index (χ4v) is 2.84. The van der Waals surface area contributed by atoms with Crippen LogP contribution in [0.1, 0.15) is 21.5 Å². The lowest BCUT2D eigenvalue weighted by atomic mass is 10.0. The van der Waals surface area contributed by atoms with E-state index >= 15 is 0 Å². The van der Waals surface area contributed by atoms with Gasteiger partial charge < -0.3 is 9.84 Å². The van der Waals surface area contributed by atoms with Crippen LogP contribution in [0.4, 0.5) is 0 Å².